The van der Waals surface area contributed by atoms with Gasteiger partial charge in [-0.2, -0.15) is 0 Å². The summed E-state index contributed by atoms with van der Waals surface area (Å²) in [5, 5.41) is 0. The summed E-state index contributed by atoms with van der Waals surface area (Å²) >= 11 is 4.26. The standard InChI is InChI=1S/C12H15NOS/c1-8-3-6-10(15)7-11(8)12(14)13(2)9-4-5-9/h3,6-7,9,15H,4-5H2,1-2H3. The Bertz CT molecular complexity index is 399. The SMILES string of the molecule is Cc1ccc(S)cc1C(=O)N(C)C1CC1. The van der Waals surface area contributed by atoms with E-state index < -0.39 is 0 Å². The number of carbonyl (C=O) groups is 1. The van der Waals surface area contributed by atoms with Crippen molar-refractivity contribution in [3.05, 3.63) is 29.3 Å². The minimum Gasteiger partial charge on any atom is -0.339 e. The number of amides is 1. The number of hydrogen-bond acceptors (Lipinski definition) is 2. The molecule has 1 saturated carbocycles. The van der Waals surface area contributed by atoms with Gasteiger partial charge in [0.15, 0.2) is 0 Å². The fourth-order valence-corrected chi connectivity index (χ4v) is 1.86. The quantitative estimate of drug-likeness (QED) is 0.761. The van der Waals surface area contributed by atoms with E-state index in [1.165, 1.54) is 0 Å². The molecule has 3 heteroatoms. The van der Waals surface area contributed by atoms with Gasteiger partial charge in [0.1, 0.15) is 0 Å². The molecule has 1 aliphatic rings. The van der Waals surface area contributed by atoms with Crippen molar-refractivity contribution in [2.24, 2.45) is 0 Å². The van der Waals surface area contributed by atoms with Crippen LogP contribution in [-0.4, -0.2) is 23.9 Å². The Labute approximate surface area is 95.7 Å². The summed E-state index contributed by atoms with van der Waals surface area (Å²) in [6.45, 7) is 1.96. The van der Waals surface area contributed by atoms with Gasteiger partial charge in [-0.15, -0.1) is 12.6 Å². The monoisotopic (exact) mass is 221 g/mol. The molecule has 1 amide bonds. The molecule has 0 saturated heterocycles. The number of nitrogens with zero attached hydrogens (tertiary/aromatic N) is 1. The smallest absolute Gasteiger partial charge is 0.254 e. The average Bonchev–Trinajstić information content (AvgIpc) is 3.03. The number of aryl methyl sites for hydroxylation is 1. The first-order valence-electron chi connectivity index (χ1n) is 5.16. The lowest BCUT2D eigenvalue weighted by molar-refractivity contribution is 0.0784. The molecule has 0 bridgehead atoms. The highest BCUT2D eigenvalue weighted by atomic mass is 32.1. The summed E-state index contributed by atoms with van der Waals surface area (Å²) in [6, 6.07) is 6.16. The number of benzene rings is 1. The molecule has 0 unspecified atom stereocenters. The molecule has 2 nitrogen and oxygen atoms in total. The van der Waals surface area contributed by atoms with Crippen LogP contribution in [0.2, 0.25) is 0 Å². The summed E-state index contributed by atoms with van der Waals surface area (Å²) in [4.78, 5) is 14.8. The van der Waals surface area contributed by atoms with E-state index in [0.717, 1.165) is 28.9 Å². The second kappa shape index (κ2) is 3.89. The number of carbonyl (C=O) groups excluding carboxylic acids is 1. The molecular weight excluding hydrogens is 206 g/mol. The topological polar surface area (TPSA) is 20.3 Å². The molecule has 0 heterocycles. The molecule has 80 valence electrons. The first-order chi connectivity index (χ1) is 7.09. The van der Waals surface area contributed by atoms with Crippen molar-refractivity contribution in [2.45, 2.75) is 30.7 Å². The van der Waals surface area contributed by atoms with Gasteiger partial charge in [-0.25, -0.2) is 0 Å². The highest BCUT2D eigenvalue weighted by Gasteiger charge is 2.30. The summed E-state index contributed by atoms with van der Waals surface area (Å²) < 4.78 is 0. The Hall–Kier alpha value is -0.960. The van der Waals surface area contributed by atoms with Crippen molar-refractivity contribution in [1.29, 1.82) is 0 Å². The fraction of sp³-hybridized carbons (Fsp3) is 0.417. The zero-order chi connectivity index (χ0) is 11.0. The van der Waals surface area contributed by atoms with Gasteiger partial charge in [-0.1, -0.05) is 6.07 Å². The van der Waals surface area contributed by atoms with Crippen LogP contribution in [0.4, 0.5) is 0 Å². The van der Waals surface area contributed by atoms with Gasteiger partial charge in [0.05, 0.1) is 0 Å². The van der Waals surface area contributed by atoms with Crippen LogP contribution >= 0.6 is 12.6 Å². The van der Waals surface area contributed by atoms with E-state index in [1.54, 1.807) is 0 Å². The van der Waals surface area contributed by atoms with Crippen LogP contribution < -0.4 is 0 Å². The second-order valence-corrected chi connectivity index (χ2v) is 4.66. The maximum atomic E-state index is 12.1. The van der Waals surface area contributed by atoms with Crippen molar-refractivity contribution in [3.63, 3.8) is 0 Å². The Morgan fingerprint density at radius 1 is 1.47 bits per heavy atom. The third-order valence-electron chi connectivity index (χ3n) is 2.87. The van der Waals surface area contributed by atoms with Gasteiger partial charge in [-0.3, -0.25) is 4.79 Å². The minimum absolute atomic E-state index is 0.117. The van der Waals surface area contributed by atoms with E-state index in [4.69, 9.17) is 0 Å². The van der Waals surface area contributed by atoms with E-state index in [0.29, 0.717) is 6.04 Å². The molecule has 1 aliphatic carbocycles. The van der Waals surface area contributed by atoms with Gasteiger partial charge in [0.2, 0.25) is 0 Å². The second-order valence-electron chi connectivity index (χ2n) is 4.15. The molecular formula is C12H15NOS. The van der Waals surface area contributed by atoms with Gasteiger partial charge >= 0.3 is 0 Å². The molecule has 0 atom stereocenters. The molecule has 1 aromatic rings. The Kier molecular flexibility index (Phi) is 2.74. The van der Waals surface area contributed by atoms with Crippen molar-refractivity contribution in [3.8, 4) is 0 Å². The summed E-state index contributed by atoms with van der Waals surface area (Å²) in [5.41, 5.74) is 1.79. The molecule has 0 aliphatic heterocycles. The third-order valence-corrected chi connectivity index (χ3v) is 3.14. The zero-order valence-corrected chi connectivity index (χ0v) is 9.92. The molecule has 0 radical (unpaired) electrons. The van der Waals surface area contributed by atoms with Crippen molar-refractivity contribution >= 4 is 18.5 Å². The Morgan fingerprint density at radius 3 is 2.73 bits per heavy atom. The molecule has 0 spiro atoms. The third kappa shape index (κ3) is 2.17. The number of hydrogen-bond donors (Lipinski definition) is 1. The van der Waals surface area contributed by atoms with E-state index in [1.807, 2.05) is 37.1 Å². The van der Waals surface area contributed by atoms with E-state index in [9.17, 15) is 4.79 Å². The van der Waals surface area contributed by atoms with Crippen LogP contribution in [0.3, 0.4) is 0 Å². The highest BCUT2D eigenvalue weighted by molar-refractivity contribution is 7.80. The predicted molar refractivity (Wildman–Crippen MR) is 63.5 cm³/mol. The first kappa shape index (κ1) is 10.6. The minimum atomic E-state index is 0.117. The lowest BCUT2D eigenvalue weighted by Gasteiger charge is -2.17. The largest absolute Gasteiger partial charge is 0.339 e. The van der Waals surface area contributed by atoms with Gasteiger partial charge in [0, 0.05) is 23.5 Å². The van der Waals surface area contributed by atoms with Gasteiger partial charge < -0.3 is 4.90 Å². The van der Waals surface area contributed by atoms with Crippen LogP contribution in [0.25, 0.3) is 0 Å². The van der Waals surface area contributed by atoms with Crippen LogP contribution in [0, 0.1) is 6.92 Å². The number of thiol groups is 1. The number of rotatable bonds is 2. The van der Waals surface area contributed by atoms with Crippen LogP contribution in [0.15, 0.2) is 23.1 Å². The molecule has 15 heavy (non-hydrogen) atoms. The average molecular weight is 221 g/mol. The highest BCUT2D eigenvalue weighted by Crippen LogP contribution is 2.27. The normalized spacial score (nSPS) is 15.1. The molecule has 2 rings (SSSR count). The van der Waals surface area contributed by atoms with Crippen LogP contribution in [0.5, 0.6) is 0 Å². The Balaban J connectivity index is 2.27. The van der Waals surface area contributed by atoms with E-state index in [2.05, 4.69) is 12.6 Å². The molecule has 0 N–H and O–H groups in total. The maximum absolute atomic E-state index is 12.1. The summed E-state index contributed by atoms with van der Waals surface area (Å²) in [6.07, 6.45) is 2.28. The van der Waals surface area contributed by atoms with Crippen molar-refractivity contribution < 1.29 is 4.79 Å². The lowest BCUT2D eigenvalue weighted by Crippen LogP contribution is -2.29. The molecule has 1 aromatic carbocycles. The lowest BCUT2D eigenvalue weighted by atomic mass is 10.1. The maximum Gasteiger partial charge on any atom is 0.254 e. The van der Waals surface area contributed by atoms with E-state index in [-0.39, 0.29) is 5.91 Å². The Morgan fingerprint density at radius 2 is 2.13 bits per heavy atom. The van der Waals surface area contributed by atoms with Crippen LogP contribution in [0.1, 0.15) is 28.8 Å². The van der Waals surface area contributed by atoms with Crippen molar-refractivity contribution in [1.82, 2.24) is 4.90 Å². The fourth-order valence-electron chi connectivity index (χ4n) is 1.66. The summed E-state index contributed by atoms with van der Waals surface area (Å²) in [7, 11) is 1.88. The predicted octanol–water partition coefficient (Wildman–Crippen LogP) is 2.52. The zero-order valence-electron chi connectivity index (χ0n) is 9.03. The molecule has 1 fully saturated rings. The molecule has 0 aromatic heterocycles. The van der Waals surface area contributed by atoms with Gasteiger partial charge in [0.25, 0.3) is 5.91 Å². The van der Waals surface area contributed by atoms with Crippen LogP contribution in [-0.2, 0) is 0 Å². The summed E-state index contributed by atoms with van der Waals surface area (Å²) in [5.74, 6) is 0.117. The first-order valence-corrected chi connectivity index (χ1v) is 5.61. The van der Waals surface area contributed by atoms with E-state index >= 15 is 0 Å². The van der Waals surface area contributed by atoms with Crippen molar-refractivity contribution in [2.75, 3.05) is 7.05 Å². The van der Waals surface area contributed by atoms with Gasteiger partial charge in [-0.05, 0) is 37.5 Å².